The molecule has 0 aliphatic heterocycles. The zero-order chi connectivity index (χ0) is 11.3. The Balaban J connectivity index is 4.74. The first kappa shape index (κ1) is 12.9. The molecule has 0 saturated heterocycles. The summed E-state index contributed by atoms with van der Waals surface area (Å²) in [4.78, 5) is 21.4. The third-order valence-electron chi connectivity index (χ3n) is 2.74. The third-order valence-corrected chi connectivity index (χ3v) is 2.74. The normalized spacial score (nSPS) is 15.1. The summed E-state index contributed by atoms with van der Waals surface area (Å²) in [6.45, 7) is 5.03. The number of hydrogen-bond acceptors (Lipinski definition) is 4. The zero-order valence-electron chi connectivity index (χ0n) is 8.78. The van der Waals surface area contributed by atoms with Crippen molar-refractivity contribution in [2.24, 2.45) is 17.8 Å². The number of carboxylic acid groups (broad SMARTS) is 2. The number of carbonyl (C=O) groups excluding carboxylic acids is 2. The Labute approximate surface area is 83.9 Å². The fraction of sp³-hybridized carbons (Fsp3) is 0.800. The Morgan fingerprint density at radius 1 is 1.07 bits per heavy atom. The largest absolute Gasteiger partial charge is 0.550 e. The van der Waals surface area contributed by atoms with Crippen molar-refractivity contribution in [3.63, 3.8) is 0 Å². The van der Waals surface area contributed by atoms with Crippen LogP contribution in [0.4, 0.5) is 0 Å². The van der Waals surface area contributed by atoms with E-state index < -0.39 is 23.8 Å². The van der Waals surface area contributed by atoms with Gasteiger partial charge in [-0.2, -0.15) is 0 Å². The summed E-state index contributed by atoms with van der Waals surface area (Å²) in [5, 5.41) is 21.4. The summed E-state index contributed by atoms with van der Waals surface area (Å²) in [5.41, 5.74) is 0. The minimum Gasteiger partial charge on any atom is -0.550 e. The maximum absolute atomic E-state index is 10.8. The Kier molecular flexibility index (Phi) is 5.20. The van der Waals surface area contributed by atoms with Crippen molar-refractivity contribution in [1.82, 2.24) is 0 Å². The molecule has 0 aliphatic carbocycles. The predicted molar refractivity (Wildman–Crippen MR) is 46.7 cm³/mol. The topological polar surface area (TPSA) is 80.3 Å². The highest BCUT2D eigenvalue weighted by Gasteiger charge is 2.26. The standard InChI is InChI=1S/C10H18O4/c1-4-7(5-2)8(10(13)14)6(3)9(11)12/h6-8H,4-5H2,1-3H3,(H,11,12)(H,13,14)/p-2. The molecule has 0 bridgehead atoms. The molecule has 0 aromatic carbocycles. The molecule has 0 fully saturated rings. The van der Waals surface area contributed by atoms with Crippen LogP contribution in [0, 0.1) is 17.8 Å². The molecule has 0 heterocycles. The van der Waals surface area contributed by atoms with Crippen LogP contribution in [0.3, 0.4) is 0 Å². The van der Waals surface area contributed by atoms with E-state index >= 15 is 0 Å². The fourth-order valence-corrected chi connectivity index (χ4v) is 1.75. The van der Waals surface area contributed by atoms with Gasteiger partial charge in [0.2, 0.25) is 0 Å². The fourth-order valence-electron chi connectivity index (χ4n) is 1.75. The van der Waals surface area contributed by atoms with Crippen LogP contribution in [0.2, 0.25) is 0 Å². The molecule has 0 N–H and O–H groups in total. The summed E-state index contributed by atoms with van der Waals surface area (Å²) >= 11 is 0. The molecule has 0 aliphatic rings. The Morgan fingerprint density at radius 2 is 1.50 bits per heavy atom. The van der Waals surface area contributed by atoms with Gasteiger partial charge in [0.1, 0.15) is 0 Å². The van der Waals surface area contributed by atoms with Crippen molar-refractivity contribution in [2.75, 3.05) is 0 Å². The molecule has 14 heavy (non-hydrogen) atoms. The number of carboxylic acids is 2. The van der Waals surface area contributed by atoms with E-state index in [-0.39, 0.29) is 5.92 Å². The van der Waals surface area contributed by atoms with Gasteiger partial charge in [-0.1, -0.05) is 33.6 Å². The molecule has 0 radical (unpaired) electrons. The Morgan fingerprint density at radius 3 is 1.71 bits per heavy atom. The maximum Gasteiger partial charge on any atom is 0.0454 e. The first-order valence-corrected chi connectivity index (χ1v) is 4.87. The lowest BCUT2D eigenvalue weighted by atomic mass is 9.79. The molecule has 0 saturated carbocycles. The smallest absolute Gasteiger partial charge is 0.0454 e. The average Bonchev–Trinajstić information content (AvgIpc) is 2.12. The minimum absolute atomic E-state index is 0.159. The number of carbonyl (C=O) groups is 2. The highest BCUT2D eigenvalue weighted by molar-refractivity contribution is 5.77. The highest BCUT2D eigenvalue weighted by Crippen LogP contribution is 2.26. The molecular formula is C10H16O4-2. The lowest BCUT2D eigenvalue weighted by Gasteiger charge is -2.32. The van der Waals surface area contributed by atoms with Crippen LogP contribution in [0.5, 0.6) is 0 Å². The molecule has 0 amide bonds. The quantitative estimate of drug-likeness (QED) is 0.560. The van der Waals surface area contributed by atoms with Crippen LogP contribution < -0.4 is 10.2 Å². The molecular weight excluding hydrogens is 184 g/mol. The van der Waals surface area contributed by atoms with Gasteiger partial charge in [-0.25, -0.2) is 0 Å². The third kappa shape index (κ3) is 3.01. The van der Waals surface area contributed by atoms with Crippen molar-refractivity contribution in [2.45, 2.75) is 33.6 Å². The van der Waals surface area contributed by atoms with Crippen LogP contribution >= 0.6 is 0 Å². The number of aliphatic carboxylic acids is 2. The predicted octanol–water partition coefficient (Wildman–Crippen LogP) is -0.825. The summed E-state index contributed by atoms with van der Waals surface area (Å²) < 4.78 is 0. The van der Waals surface area contributed by atoms with E-state index in [1.165, 1.54) is 6.92 Å². The zero-order valence-corrected chi connectivity index (χ0v) is 8.78. The molecule has 0 aromatic heterocycles. The number of hydrogen-bond donors (Lipinski definition) is 0. The van der Waals surface area contributed by atoms with E-state index in [1.54, 1.807) is 0 Å². The van der Waals surface area contributed by atoms with Crippen LogP contribution in [0.1, 0.15) is 33.6 Å². The molecule has 2 unspecified atom stereocenters. The average molecular weight is 200 g/mol. The van der Waals surface area contributed by atoms with E-state index in [9.17, 15) is 19.8 Å². The summed E-state index contributed by atoms with van der Waals surface area (Å²) in [7, 11) is 0. The van der Waals surface area contributed by atoms with E-state index in [1.807, 2.05) is 13.8 Å². The molecule has 0 rings (SSSR count). The molecule has 0 spiro atoms. The lowest BCUT2D eigenvalue weighted by molar-refractivity contribution is -0.328. The second-order valence-electron chi connectivity index (χ2n) is 3.53. The van der Waals surface area contributed by atoms with Crippen molar-refractivity contribution in [3.05, 3.63) is 0 Å². The number of rotatable bonds is 6. The minimum atomic E-state index is -1.33. The first-order chi connectivity index (χ1) is 6.45. The second-order valence-corrected chi connectivity index (χ2v) is 3.53. The van der Waals surface area contributed by atoms with Crippen LogP contribution in [-0.2, 0) is 9.59 Å². The van der Waals surface area contributed by atoms with Gasteiger partial charge in [-0.3, -0.25) is 0 Å². The monoisotopic (exact) mass is 200 g/mol. The molecule has 82 valence electrons. The lowest BCUT2D eigenvalue weighted by Crippen LogP contribution is -2.45. The Hall–Kier alpha value is -1.06. The summed E-state index contributed by atoms with van der Waals surface area (Å²) in [6.07, 6.45) is 1.26. The van der Waals surface area contributed by atoms with E-state index in [4.69, 9.17) is 0 Å². The summed E-state index contributed by atoms with van der Waals surface area (Å²) in [6, 6.07) is 0. The van der Waals surface area contributed by atoms with E-state index in [0.29, 0.717) is 12.8 Å². The maximum atomic E-state index is 10.8. The van der Waals surface area contributed by atoms with Crippen molar-refractivity contribution >= 4 is 11.9 Å². The van der Waals surface area contributed by atoms with Gasteiger partial charge >= 0.3 is 0 Å². The van der Waals surface area contributed by atoms with Crippen molar-refractivity contribution < 1.29 is 19.8 Å². The Bertz CT molecular complexity index is 208. The van der Waals surface area contributed by atoms with E-state index in [2.05, 4.69) is 0 Å². The summed E-state index contributed by atoms with van der Waals surface area (Å²) in [5.74, 6) is -4.73. The molecule has 2 atom stereocenters. The second kappa shape index (κ2) is 5.62. The van der Waals surface area contributed by atoms with Crippen LogP contribution in [-0.4, -0.2) is 11.9 Å². The first-order valence-electron chi connectivity index (χ1n) is 4.87. The van der Waals surface area contributed by atoms with Crippen LogP contribution in [0.15, 0.2) is 0 Å². The van der Waals surface area contributed by atoms with Gasteiger partial charge in [-0.15, -0.1) is 0 Å². The van der Waals surface area contributed by atoms with Gasteiger partial charge in [0.15, 0.2) is 0 Å². The molecule has 0 aromatic rings. The van der Waals surface area contributed by atoms with Gasteiger partial charge in [0.05, 0.1) is 0 Å². The van der Waals surface area contributed by atoms with E-state index in [0.717, 1.165) is 0 Å². The van der Waals surface area contributed by atoms with Gasteiger partial charge < -0.3 is 19.8 Å². The van der Waals surface area contributed by atoms with Crippen molar-refractivity contribution in [3.8, 4) is 0 Å². The molecule has 4 nitrogen and oxygen atoms in total. The SMILES string of the molecule is CCC(CC)C(C(=O)[O-])C(C)C(=O)[O-]. The van der Waals surface area contributed by atoms with Crippen molar-refractivity contribution in [1.29, 1.82) is 0 Å². The highest BCUT2D eigenvalue weighted by atomic mass is 16.4. The van der Waals surface area contributed by atoms with Crippen LogP contribution in [0.25, 0.3) is 0 Å². The van der Waals surface area contributed by atoms with Gasteiger partial charge in [-0.05, 0) is 5.92 Å². The van der Waals surface area contributed by atoms with Gasteiger partial charge in [0.25, 0.3) is 0 Å². The molecule has 4 heteroatoms. The van der Waals surface area contributed by atoms with Gasteiger partial charge in [0, 0.05) is 23.8 Å².